The van der Waals surface area contributed by atoms with Crippen molar-refractivity contribution in [2.75, 3.05) is 13.2 Å². The monoisotopic (exact) mass is 630 g/mol. The Morgan fingerprint density at radius 1 is 1.00 bits per heavy atom. The van der Waals surface area contributed by atoms with E-state index in [0.717, 1.165) is 48.1 Å². The zero-order valence-electron chi connectivity index (χ0n) is 26.3. The predicted molar refractivity (Wildman–Crippen MR) is 174 cm³/mol. The van der Waals surface area contributed by atoms with Crippen molar-refractivity contribution in [3.05, 3.63) is 81.5 Å². The summed E-state index contributed by atoms with van der Waals surface area (Å²) in [7, 11) is 0. The first-order chi connectivity index (χ1) is 21.5. The first-order valence-corrected chi connectivity index (χ1v) is 16.9. The lowest BCUT2D eigenvalue weighted by Gasteiger charge is -2.53. The van der Waals surface area contributed by atoms with Gasteiger partial charge in [0, 0.05) is 34.3 Å². The Bertz CT molecular complexity index is 1520. The smallest absolute Gasteiger partial charge is 0.410 e. The van der Waals surface area contributed by atoms with E-state index >= 15 is 0 Å². The van der Waals surface area contributed by atoms with Gasteiger partial charge in [0.15, 0.2) is 0 Å². The second kappa shape index (κ2) is 12.5. The van der Waals surface area contributed by atoms with E-state index in [0.29, 0.717) is 19.4 Å². The third kappa shape index (κ3) is 6.45. The Labute approximate surface area is 268 Å². The van der Waals surface area contributed by atoms with Crippen molar-refractivity contribution in [2.45, 2.75) is 95.4 Å². The van der Waals surface area contributed by atoms with Crippen LogP contribution in [0.1, 0.15) is 98.0 Å². The van der Waals surface area contributed by atoms with Crippen LogP contribution in [0.4, 0.5) is 9.59 Å². The molecule has 3 aliphatic rings. The maximum absolute atomic E-state index is 14.1. The van der Waals surface area contributed by atoms with E-state index in [4.69, 9.17) is 9.47 Å². The maximum atomic E-state index is 14.1. The second-order valence-corrected chi connectivity index (χ2v) is 14.6. The number of rotatable bonds is 6. The van der Waals surface area contributed by atoms with Crippen LogP contribution < -0.4 is 0 Å². The molecule has 6 rings (SSSR count). The van der Waals surface area contributed by atoms with E-state index in [2.05, 4.69) is 24.3 Å². The van der Waals surface area contributed by atoms with Crippen LogP contribution in [0.5, 0.6) is 0 Å². The van der Waals surface area contributed by atoms with Gasteiger partial charge in [-0.3, -0.25) is 4.90 Å². The summed E-state index contributed by atoms with van der Waals surface area (Å²) in [5.74, 6) is -1.06. The number of hydrogen-bond donors (Lipinski definition) is 1. The number of nitrogens with zero attached hydrogens (tertiary/aromatic N) is 2. The summed E-state index contributed by atoms with van der Waals surface area (Å²) in [4.78, 5) is 43.7. The van der Waals surface area contributed by atoms with Crippen LogP contribution in [0.15, 0.2) is 60.0 Å². The number of piperidine rings is 1. The van der Waals surface area contributed by atoms with Crippen molar-refractivity contribution in [3.8, 4) is 11.1 Å². The molecule has 0 radical (unpaired) electrons. The molecule has 9 heteroatoms. The number of aromatic carboxylic acids is 1. The topological polar surface area (TPSA) is 96.4 Å². The van der Waals surface area contributed by atoms with Crippen LogP contribution in [0.3, 0.4) is 0 Å². The molecular weight excluding hydrogens is 588 g/mol. The number of fused-ring (bicyclic) bond motifs is 3. The number of thiophene rings is 1. The summed E-state index contributed by atoms with van der Waals surface area (Å²) in [6.07, 6.45) is 5.40. The molecular formula is C36H42N2O6S. The molecule has 2 aromatic carbocycles. The minimum Gasteiger partial charge on any atom is -0.478 e. The van der Waals surface area contributed by atoms with Crippen molar-refractivity contribution in [1.29, 1.82) is 0 Å². The quantitative estimate of drug-likeness (QED) is 0.294. The zero-order chi connectivity index (χ0) is 31.8. The normalized spacial score (nSPS) is 19.1. The summed E-state index contributed by atoms with van der Waals surface area (Å²) in [6, 6.07) is 18.0. The van der Waals surface area contributed by atoms with Gasteiger partial charge in [0.1, 0.15) is 12.2 Å². The number of amides is 2. The molecule has 8 nitrogen and oxygen atoms in total. The van der Waals surface area contributed by atoms with Crippen LogP contribution in [-0.2, 0) is 16.0 Å². The molecule has 1 aromatic heterocycles. The standard InChI is InChI=1S/C36H42N2O6S/c1-35(2,3)44-34(42)38-18-15-25(20-36(38)16-9-4-10-17-36)37(21-26-19-24(23-45-26)32(39)40)33(41)43-22-31-29-13-7-5-11-27(29)28-12-6-8-14-30(28)31/h5-8,11-14,19,23,25,31H,4,9-10,15-18,20-22H2,1-3H3,(H,39,40). The van der Waals surface area contributed by atoms with Gasteiger partial charge >= 0.3 is 18.2 Å². The lowest BCUT2D eigenvalue weighted by molar-refractivity contribution is -0.0458. The van der Waals surface area contributed by atoms with Crippen LogP contribution in [0, 0.1) is 0 Å². The third-order valence-electron chi connectivity index (χ3n) is 9.51. The molecule has 2 fully saturated rings. The number of benzene rings is 2. The van der Waals surface area contributed by atoms with Gasteiger partial charge in [-0.15, -0.1) is 11.3 Å². The highest BCUT2D eigenvalue weighted by Gasteiger charge is 2.48. The predicted octanol–water partition coefficient (Wildman–Crippen LogP) is 8.30. The van der Waals surface area contributed by atoms with E-state index in [1.807, 2.05) is 49.9 Å². The van der Waals surface area contributed by atoms with Crippen molar-refractivity contribution >= 4 is 29.5 Å². The number of carbonyl (C=O) groups excluding carboxylic acids is 2. The Morgan fingerprint density at radius 3 is 2.24 bits per heavy atom. The van der Waals surface area contributed by atoms with Gasteiger partial charge in [-0.05, 0) is 74.8 Å². The Kier molecular flexibility index (Phi) is 8.66. The molecule has 1 spiro atoms. The van der Waals surface area contributed by atoms with Crippen LogP contribution in [0.25, 0.3) is 11.1 Å². The van der Waals surface area contributed by atoms with Gasteiger partial charge in [0.25, 0.3) is 0 Å². The summed E-state index contributed by atoms with van der Waals surface area (Å²) in [6.45, 7) is 6.60. The number of carbonyl (C=O) groups is 3. The number of hydrogen-bond acceptors (Lipinski definition) is 6. The van der Waals surface area contributed by atoms with E-state index in [-0.39, 0.29) is 36.8 Å². The van der Waals surface area contributed by atoms with Crippen molar-refractivity contribution in [1.82, 2.24) is 9.80 Å². The minimum atomic E-state index is -0.989. The molecule has 1 saturated carbocycles. The fourth-order valence-corrected chi connectivity index (χ4v) is 8.34. The Hall–Kier alpha value is -3.85. The Morgan fingerprint density at radius 2 is 1.64 bits per heavy atom. The van der Waals surface area contributed by atoms with E-state index in [9.17, 15) is 19.5 Å². The molecule has 45 heavy (non-hydrogen) atoms. The highest BCUT2D eigenvalue weighted by Crippen LogP contribution is 2.46. The first kappa shape index (κ1) is 31.1. The summed E-state index contributed by atoms with van der Waals surface area (Å²) >= 11 is 1.34. The average Bonchev–Trinajstić information content (AvgIpc) is 3.61. The highest BCUT2D eigenvalue weighted by molar-refractivity contribution is 7.10. The Balaban J connectivity index is 1.26. The van der Waals surface area contributed by atoms with Gasteiger partial charge in [0.05, 0.1) is 12.1 Å². The highest BCUT2D eigenvalue weighted by atomic mass is 32.1. The minimum absolute atomic E-state index is 0.0674. The number of carboxylic acids is 1. The van der Waals surface area contributed by atoms with Gasteiger partial charge in [-0.1, -0.05) is 67.8 Å². The summed E-state index contributed by atoms with van der Waals surface area (Å²) in [5, 5.41) is 11.1. The number of carboxylic acid groups (broad SMARTS) is 1. The fraction of sp³-hybridized carbons (Fsp3) is 0.472. The van der Waals surface area contributed by atoms with Crippen LogP contribution in [0.2, 0.25) is 0 Å². The molecule has 2 heterocycles. The second-order valence-electron chi connectivity index (χ2n) is 13.6. The molecule has 2 amide bonds. The first-order valence-electron chi connectivity index (χ1n) is 16.0. The number of likely N-dealkylation sites (tertiary alicyclic amines) is 1. The maximum Gasteiger partial charge on any atom is 0.410 e. The number of ether oxygens (including phenoxy) is 2. The van der Waals surface area contributed by atoms with Gasteiger partial charge in [-0.2, -0.15) is 0 Å². The molecule has 3 aromatic rings. The van der Waals surface area contributed by atoms with Crippen molar-refractivity contribution < 1.29 is 29.0 Å². The summed E-state index contributed by atoms with van der Waals surface area (Å²) in [5.41, 5.74) is 3.85. The SMILES string of the molecule is CC(C)(C)OC(=O)N1CCC(N(Cc2cc(C(=O)O)cs2)C(=O)OCC2c3ccccc3-c3ccccc32)CC12CCCCC2. The third-order valence-corrected chi connectivity index (χ3v) is 10.4. The van der Waals surface area contributed by atoms with E-state index in [1.165, 1.54) is 22.5 Å². The lowest BCUT2D eigenvalue weighted by atomic mass is 9.73. The van der Waals surface area contributed by atoms with Crippen LogP contribution >= 0.6 is 11.3 Å². The molecule has 1 atom stereocenters. The van der Waals surface area contributed by atoms with E-state index < -0.39 is 23.2 Å². The van der Waals surface area contributed by atoms with Gasteiger partial charge < -0.3 is 19.5 Å². The molecule has 1 saturated heterocycles. The van der Waals surface area contributed by atoms with Gasteiger partial charge in [0.2, 0.25) is 0 Å². The molecule has 1 aliphatic heterocycles. The molecule has 2 aliphatic carbocycles. The van der Waals surface area contributed by atoms with E-state index in [1.54, 1.807) is 16.3 Å². The largest absolute Gasteiger partial charge is 0.478 e. The lowest BCUT2D eigenvalue weighted by Crippen LogP contribution is -2.62. The fourth-order valence-electron chi connectivity index (χ4n) is 7.48. The average molecular weight is 631 g/mol. The summed E-state index contributed by atoms with van der Waals surface area (Å²) < 4.78 is 12.0. The van der Waals surface area contributed by atoms with Crippen molar-refractivity contribution in [3.63, 3.8) is 0 Å². The zero-order valence-corrected chi connectivity index (χ0v) is 27.1. The van der Waals surface area contributed by atoms with Gasteiger partial charge in [-0.25, -0.2) is 14.4 Å². The molecule has 0 bridgehead atoms. The molecule has 1 unspecified atom stereocenters. The van der Waals surface area contributed by atoms with Crippen LogP contribution in [-0.4, -0.2) is 63.4 Å². The van der Waals surface area contributed by atoms with Crippen molar-refractivity contribution in [2.24, 2.45) is 0 Å². The molecule has 238 valence electrons. The molecule has 1 N–H and O–H groups in total.